The Morgan fingerprint density at radius 3 is 2.53 bits per heavy atom. The van der Waals surface area contributed by atoms with E-state index in [2.05, 4.69) is 33.8 Å². The van der Waals surface area contributed by atoms with Gasteiger partial charge in [-0.25, -0.2) is 0 Å². The molecule has 1 nitrogen and oxygen atoms in total. The third kappa shape index (κ3) is 3.91. The molecule has 3 unspecified atom stereocenters. The Kier molecular flexibility index (Phi) is 5.86. The van der Waals surface area contributed by atoms with Crippen LogP contribution in [-0.2, 0) is 0 Å². The van der Waals surface area contributed by atoms with Gasteiger partial charge in [-0.05, 0) is 42.8 Å². The van der Waals surface area contributed by atoms with Gasteiger partial charge in [-0.2, -0.15) is 17.0 Å². The predicted octanol–water partition coefficient (Wildman–Crippen LogP) is 4.87. The van der Waals surface area contributed by atoms with Gasteiger partial charge in [0, 0.05) is 5.25 Å². The summed E-state index contributed by atoms with van der Waals surface area (Å²) in [5.74, 6) is 2.32. The first-order chi connectivity index (χ1) is 8.05. The molecule has 0 radical (unpaired) electrons. The molecule has 0 spiro atoms. The quantitative estimate of drug-likeness (QED) is 0.697. The molecule has 0 heterocycles. The number of nitrogens with zero attached hydrogens (tertiary/aromatic N) is 1. The normalized spacial score (nSPS) is 29.9. The van der Waals surface area contributed by atoms with Crippen molar-refractivity contribution in [3.8, 4) is 6.07 Å². The standard InChI is InChI=1S/C15H27NS/c1-5-9-17-14-10-13(15(3,4)6-2)8-7-12(14)11-16/h12-14H,5-10H2,1-4H3. The molecule has 1 rings (SSSR count). The van der Waals surface area contributed by atoms with E-state index in [4.69, 9.17) is 0 Å². The fourth-order valence-corrected chi connectivity index (χ4v) is 4.06. The van der Waals surface area contributed by atoms with Gasteiger partial charge >= 0.3 is 0 Å². The molecule has 0 saturated heterocycles. The lowest BCUT2D eigenvalue weighted by molar-refractivity contribution is 0.144. The van der Waals surface area contributed by atoms with E-state index in [1.54, 1.807) is 0 Å². The Hall–Kier alpha value is -0.160. The molecule has 0 bridgehead atoms. The van der Waals surface area contributed by atoms with E-state index in [1.165, 1.54) is 31.4 Å². The van der Waals surface area contributed by atoms with Crippen molar-refractivity contribution in [2.24, 2.45) is 17.3 Å². The van der Waals surface area contributed by atoms with Gasteiger partial charge in [0.2, 0.25) is 0 Å². The van der Waals surface area contributed by atoms with E-state index >= 15 is 0 Å². The first-order valence-electron chi connectivity index (χ1n) is 7.06. The third-order valence-corrected chi connectivity index (χ3v) is 6.10. The van der Waals surface area contributed by atoms with Gasteiger partial charge in [-0.15, -0.1) is 0 Å². The first kappa shape index (κ1) is 14.9. The van der Waals surface area contributed by atoms with Gasteiger partial charge < -0.3 is 0 Å². The monoisotopic (exact) mass is 253 g/mol. The highest BCUT2D eigenvalue weighted by molar-refractivity contribution is 7.99. The second-order valence-electron chi connectivity index (χ2n) is 6.00. The van der Waals surface area contributed by atoms with Crippen LogP contribution in [0.4, 0.5) is 0 Å². The minimum Gasteiger partial charge on any atom is -0.198 e. The van der Waals surface area contributed by atoms with Crippen molar-refractivity contribution in [2.75, 3.05) is 5.75 Å². The molecule has 1 aliphatic rings. The molecule has 17 heavy (non-hydrogen) atoms. The first-order valence-corrected chi connectivity index (χ1v) is 8.11. The maximum atomic E-state index is 9.24. The van der Waals surface area contributed by atoms with Crippen molar-refractivity contribution in [3.05, 3.63) is 0 Å². The summed E-state index contributed by atoms with van der Waals surface area (Å²) in [7, 11) is 0. The van der Waals surface area contributed by atoms with Gasteiger partial charge in [0.25, 0.3) is 0 Å². The Balaban J connectivity index is 2.62. The highest BCUT2D eigenvalue weighted by Crippen LogP contribution is 2.45. The van der Waals surface area contributed by atoms with Crippen LogP contribution in [0.25, 0.3) is 0 Å². The maximum absolute atomic E-state index is 9.24. The van der Waals surface area contributed by atoms with Crippen molar-refractivity contribution >= 4 is 11.8 Å². The zero-order chi connectivity index (χ0) is 12.9. The van der Waals surface area contributed by atoms with Crippen molar-refractivity contribution in [1.29, 1.82) is 5.26 Å². The second kappa shape index (κ2) is 6.69. The topological polar surface area (TPSA) is 23.8 Å². The summed E-state index contributed by atoms with van der Waals surface area (Å²) >= 11 is 2.04. The molecule has 2 heteroatoms. The molecular formula is C15H27NS. The molecule has 1 aliphatic carbocycles. The largest absolute Gasteiger partial charge is 0.198 e. The molecule has 0 aromatic carbocycles. The molecule has 1 fully saturated rings. The highest BCUT2D eigenvalue weighted by atomic mass is 32.2. The third-order valence-electron chi connectivity index (χ3n) is 4.51. The summed E-state index contributed by atoms with van der Waals surface area (Å²) in [5, 5.41) is 9.83. The zero-order valence-electron chi connectivity index (χ0n) is 11.8. The summed E-state index contributed by atoms with van der Waals surface area (Å²) in [5.41, 5.74) is 0.450. The minimum absolute atomic E-state index is 0.301. The van der Waals surface area contributed by atoms with Gasteiger partial charge in [0.15, 0.2) is 0 Å². The molecule has 0 amide bonds. The predicted molar refractivity (Wildman–Crippen MR) is 77.1 cm³/mol. The SMILES string of the molecule is CCCSC1CC(C(C)(C)CC)CCC1C#N. The summed E-state index contributed by atoms with van der Waals surface area (Å²) in [6.07, 6.45) is 6.10. The minimum atomic E-state index is 0.301. The molecule has 0 aromatic heterocycles. The Morgan fingerprint density at radius 2 is 2.00 bits per heavy atom. The molecule has 3 atom stereocenters. The lowest BCUT2D eigenvalue weighted by Crippen LogP contribution is -2.34. The van der Waals surface area contributed by atoms with E-state index < -0.39 is 0 Å². The van der Waals surface area contributed by atoms with E-state index in [-0.39, 0.29) is 0 Å². The Bertz CT molecular complexity index is 267. The lowest BCUT2D eigenvalue weighted by Gasteiger charge is -2.41. The van der Waals surface area contributed by atoms with Crippen LogP contribution in [0, 0.1) is 28.6 Å². The summed E-state index contributed by atoms with van der Waals surface area (Å²) < 4.78 is 0. The zero-order valence-corrected chi connectivity index (χ0v) is 12.6. The number of hydrogen-bond acceptors (Lipinski definition) is 2. The number of hydrogen-bond donors (Lipinski definition) is 0. The van der Waals surface area contributed by atoms with Crippen LogP contribution in [0.3, 0.4) is 0 Å². The molecule has 0 aromatic rings. The van der Waals surface area contributed by atoms with Crippen LogP contribution in [-0.4, -0.2) is 11.0 Å². The Labute approximate surface area is 111 Å². The fraction of sp³-hybridized carbons (Fsp3) is 0.933. The van der Waals surface area contributed by atoms with Crippen LogP contribution < -0.4 is 0 Å². The van der Waals surface area contributed by atoms with Gasteiger partial charge in [0.05, 0.1) is 12.0 Å². The molecule has 0 aliphatic heterocycles. The van der Waals surface area contributed by atoms with Gasteiger partial charge in [-0.3, -0.25) is 0 Å². The number of thioether (sulfide) groups is 1. The Morgan fingerprint density at radius 1 is 1.29 bits per heavy atom. The van der Waals surface area contributed by atoms with Crippen molar-refractivity contribution in [2.45, 2.75) is 65.0 Å². The maximum Gasteiger partial charge on any atom is 0.0667 e. The van der Waals surface area contributed by atoms with E-state index in [9.17, 15) is 5.26 Å². The van der Waals surface area contributed by atoms with Gasteiger partial charge in [0.1, 0.15) is 0 Å². The van der Waals surface area contributed by atoms with Crippen LogP contribution >= 0.6 is 11.8 Å². The van der Waals surface area contributed by atoms with Crippen LogP contribution in [0.15, 0.2) is 0 Å². The van der Waals surface area contributed by atoms with E-state index in [0.29, 0.717) is 16.6 Å². The molecular weight excluding hydrogens is 226 g/mol. The van der Waals surface area contributed by atoms with Crippen LogP contribution in [0.1, 0.15) is 59.8 Å². The lowest BCUT2D eigenvalue weighted by atomic mass is 9.67. The molecule has 0 N–H and O–H groups in total. The van der Waals surface area contributed by atoms with Crippen molar-refractivity contribution in [3.63, 3.8) is 0 Å². The van der Waals surface area contributed by atoms with Gasteiger partial charge in [-0.1, -0.05) is 34.1 Å². The smallest absolute Gasteiger partial charge is 0.0667 e. The van der Waals surface area contributed by atoms with Crippen LogP contribution in [0.2, 0.25) is 0 Å². The fourth-order valence-electron chi connectivity index (χ4n) is 2.73. The van der Waals surface area contributed by atoms with Crippen molar-refractivity contribution < 1.29 is 0 Å². The number of nitriles is 1. The average Bonchev–Trinajstić information content (AvgIpc) is 2.35. The molecule has 98 valence electrons. The average molecular weight is 253 g/mol. The molecule has 1 saturated carbocycles. The van der Waals surface area contributed by atoms with Crippen molar-refractivity contribution in [1.82, 2.24) is 0 Å². The summed E-state index contributed by atoms with van der Waals surface area (Å²) in [6, 6.07) is 2.53. The second-order valence-corrected chi connectivity index (χ2v) is 7.34. The number of rotatable bonds is 5. The van der Waals surface area contributed by atoms with Crippen LogP contribution in [0.5, 0.6) is 0 Å². The highest BCUT2D eigenvalue weighted by Gasteiger charge is 2.37. The van der Waals surface area contributed by atoms with E-state index in [0.717, 1.165) is 12.3 Å². The van der Waals surface area contributed by atoms with E-state index in [1.807, 2.05) is 11.8 Å². The summed E-state index contributed by atoms with van der Waals surface area (Å²) in [4.78, 5) is 0. The summed E-state index contributed by atoms with van der Waals surface area (Å²) in [6.45, 7) is 9.31.